The fourth-order valence-corrected chi connectivity index (χ4v) is 4.27. The molecule has 2 amide bonds. The van der Waals surface area contributed by atoms with Gasteiger partial charge in [-0.25, -0.2) is 14.4 Å². The smallest absolute Gasteiger partial charge is 0.407 e. The predicted octanol–water partition coefficient (Wildman–Crippen LogP) is 4.33. The van der Waals surface area contributed by atoms with Crippen molar-refractivity contribution in [1.29, 1.82) is 0 Å². The minimum Gasteiger partial charge on any atom is -0.463 e. The summed E-state index contributed by atoms with van der Waals surface area (Å²) in [7, 11) is 1.11. The largest absolute Gasteiger partial charge is 0.463 e. The highest BCUT2D eigenvalue weighted by molar-refractivity contribution is 6.35. The topological polar surface area (TPSA) is 120 Å². The molecule has 37 heavy (non-hydrogen) atoms. The van der Waals surface area contributed by atoms with Crippen molar-refractivity contribution in [2.24, 2.45) is 0 Å². The van der Waals surface area contributed by atoms with Crippen LogP contribution < -0.4 is 10.6 Å². The average Bonchev–Trinajstić information content (AvgIpc) is 3.18. The zero-order valence-electron chi connectivity index (χ0n) is 21.7. The Morgan fingerprint density at radius 3 is 2.05 bits per heavy atom. The van der Waals surface area contributed by atoms with Crippen molar-refractivity contribution in [3.63, 3.8) is 0 Å². The maximum Gasteiger partial charge on any atom is 0.407 e. The van der Waals surface area contributed by atoms with Gasteiger partial charge < -0.3 is 24.8 Å². The molecule has 0 spiro atoms. The monoisotopic (exact) mass is 510 g/mol. The minimum absolute atomic E-state index is 0.0821. The molecule has 0 heterocycles. The fourth-order valence-electron chi connectivity index (χ4n) is 4.27. The Balaban J connectivity index is 1.54. The normalized spacial score (nSPS) is 13.1. The van der Waals surface area contributed by atoms with Gasteiger partial charge in [0.05, 0.1) is 7.11 Å². The number of nitrogens with one attached hydrogen (secondary N) is 2. The SMILES string of the molecule is COC(=O)C(=O)C(CCCCNC(=O)OC(C)(C)C)NC(=O)OCC1c2ccccc2-c2ccccc21. The lowest BCUT2D eigenvalue weighted by atomic mass is 9.98. The standard InChI is InChI=1S/C28H34N2O7/c1-28(2,3)37-26(33)29-16-10-9-15-23(24(31)25(32)35-4)30-27(34)36-17-22-20-13-7-5-11-18(20)19-12-6-8-14-21(19)22/h5-8,11-14,22-23H,9-10,15-17H2,1-4H3,(H,29,33)(H,30,34). The van der Waals surface area contributed by atoms with Crippen LogP contribution in [0.2, 0.25) is 0 Å². The number of alkyl carbamates (subject to hydrolysis) is 2. The molecule has 2 aromatic carbocycles. The number of fused-ring (bicyclic) bond motifs is 3. The highest BCUT2D eigenvalue weighted by Crippen LogP contribution is 2.44. The van der Waals surface area contributed by atoms with Gasteiger partial charge in [0.15, 0.2) is 0 Å². The third kappa shape index (κ3) is 7.55. The van der Waals surface area contributed by atoms with Crippen molar-refractivity contribution < 1.29 is 33.4 Å². The Bertz CT molecular complexity index is 1090. The molecule has 3 rings (SSSR count). The van der Waals surface area contributed by atoms with Crippen molar-refractivity contribution in [2.45, 2.75) is 57.6 Å². The zero-order valence-corrected chi connectivity index (χ0v) is 21.7. The lowest BCUT2D eigenvalue weighted by Crippen LogP contribution is -2.44. The van der Waals surface area contributed by atoms with Crippen LogP contribution in [0.5, 0.6) is 0 Å². The average molecular weight is 511 g/mol. The Morgan fingerprint density at radius 2 is 1.49 bits per heavy atom. The van der Waals surface area contributed by atoms with E-state index in [1.807, 2.05) is 48.5 Å². The van der Waals surface area contributed by atoms with Gasteiger partial charge in [0.25, 0.3) is 5.78 Å². The van der Waals surface area contributed by atoms with E-state index < -0.39 is 35.6 Å². The van der Waals surface area contributed by atoms with E-state index in [9.17, 15) is 19.2 Å². The maximum atomic E-state index is 12.6. The van der Waals surface area contributed by atoms with Crippen molar-refractivity contribution in [2.75, 3.05) is 20.3 Å². The first-order valence-corrected chi connectivity index (χ1v) is 12.3. The van der Waals surface area contributed by atoms with Crippen LogP contribution in [0, 0.1) is 0 Å². The molecule has 9 heteroatoms. The highest BCUT2D eigenvalue weighted by Gasteiger charge is 2.31. The molecule has 0 fully saturated rings. The van der Waals surface area contributed by atoms with E-state index in [0.29, 0.717) is 19.4 Å². The van der Waals surface area contributed by atoms with Crippen LogP contribution in [0.1, 0.15) is 57.1 Å². The number of hydrogen-bond donors (Lipinski definition) is 2. The molecule has 0 aliphatic heterocycles. The van der Waals surface area contributed by atoms with Crippen LogP contribution in [0.25, 0.3) is 11.1 Å². The molecule has 0 saturated heterocycles. The summed E-state index contributed by atoms with van der Waals surface area (Å²) in [6.45, 7) is 5.71. The summed E-state index contributed by atoms with van der Waals surface area (Å²) < 4.78 is 15.2. The lowest BCUT2D eigenvalue weighted by Gasteiger charge is -2.20. The number of esters is 1. The van der Waals surface area contributed by atoms with E-state index >= 15 is 0 Å². The summed E-state index contributed by atoms with van der Waals surface area (Å²) >= 11 is 0. The molecule has 0 bridgehead atoms. The van der Waals surface area contributed by atoms with Gasteiger partial charge in [-0.15, -0.1) is 0 Å². The number of carbonyl (C=O) groups is 4. The van der Waals surface area contributed by atoms with Crippen LogP contribution in [0.3, 0.4) is 0 Å². The highest BCUT2D eigenvalue weighted by atomic mass is 16.6. The number of unbranched alkanes of at least 4 members (excludes halogenated alkanes) is 1. The van der Waals surface area contributed by atoms with Gasteiger partial charge in [0.1, 0.15) is 18.2 Å². The Kier molecular flexibility index (Phi) is 9.27. The number of ether oxygens (including phenoxy) is 3. The molecule has 1 unspecified atom stereocenters. The summed E-state index contributed by atoms with van der Waals surface area (Å²) in [6, 6.07) is 14.8. The van der Waals surface area contributed by atoms with Crippen LogP contribution in [-0.2, 0) is 23.8 Å². The van der Waals surface area contributed by atoms with Crippen molar-refractivity contribution in [3.05, 3.63) is 59.7 Å². The van der Waals surface area contributed by atoms with E-state index in [-0.39, 0.29) is 18.9 Å². The number of amides is 2. The number of carbonyl (C=O) groups excluding carboxylic acids is 4. The number of benzene rings is 2. The molecule has 0 aromatic heterocycles. The van der Waals surface area contributed by atoms with E-state index in [1.165, 1.54) is 0 Å². The molecule has 2 aromatic rings. The van der Waals surface area contributed by atoms with Crippen LogP contribution in [0.15, 0.2) is 48.5 Å². The van der Waals surface area contributed by atoms with Crippen LogP contribution in [0.4, 0.5) is 9.59 Å². The molecule has 9 nitrogen and oxygen atoms in total. The summed E-state index contributed by atoms with van der Waals surface area (Å²) in [5.74, 6) is -2.04. The first kappa shape index (κ1) is 27.7. The summed E-state index contributed by atoms with van der Waals surface area (Å²) in [4.78, 5) is 48.7. The van der Waals surface area contributed by atoms with Crippen molar-refractivity contribution in [3.8, 4) is 11.1 Å². The molecular formula is C28H34N2O7. The van der Waals surface area contributed by atoms with E-state index in [2.05, 4.69) is 15.4 Å². The second kappa shape index (κ2) is 12.4. The number of hydrogen-bond acceptors (Lipinski definition) is 7. The van der Waals surface area contributed by atoms with Gasteiger partial charge in [-0.2, -0.15) is 0 Å². The lowest BCUT2D eigenvalue weighted by molar-refractivity contribution is -0.152. The van der Waals surface area contributed by atoms with Crippen molar-refractivity contribution >= 4 is 23.9 Å². The Morgan fingerprint density at radius 1 is 0.892 bits per heavy atom. The third-order valence-corrected chi connectivity index (χ3v) is 5.93. The van der Waals surface area contributed by atoms with Crippen molar-refractivity contribution in [1.82, 2.24) is 10.6 Å². The number of rotatable bonds is 10. The molecule has 1 atom stereocenters. The second-order valence-corrected chi connectivity index (χ2v) is 9.80. The van der Waals surface area contributed by atoms with Gasteiger partial charge >= 0.3 is 18.2 Å². The minimum atomic E-state index is -1.11. The number of Topliss-reactive ketones (excluding diaryl/α,β-unsaturated/α-hetero) is 1. The summed E-state index contributed by atoms with van der Waals surface area (Å²) in [5.41, 5.74) is 3.73. The summed E-state index contributed by atoms with van der Waals surface area (Å²) in [5, 5.41) is 5.15. The van der Waals surface area contributed by atoms with Gasteiger partial charge in [0.2, 0.25) is 0 Å². The predicted molar refractivity (Wildman–Crippen MR) is 137 cm³/mol. The van der Waals surface area contributed by atoms with Crippen LogP contribution in [-0.4, -0.2) is 55.8 Å². The van der Waals surface area contributed by atoms with Crippen LogP contribution >= 0.6 is 0 Å². The first-order chi connectivity index (χ1) is 17.6. The Hall–Kier alpha value is -3.88. The fraction of sp³-hybridized carbons (Fsp3) is 0.429. The van der Waals surface area contributed by atoms with E-state index in [0.717, 1.165) is 29.4 Å². The molecule has 0 saturated carbocycles. The quantitative estimate of drug-likeness (QED) is 0.211. The second-order valence-electron chi connectivity index (χ2n) is 9.80. The maximum absolute atomic E-state index is 12.6. The van der Waals surface area contributed by atoms with E-state index in [1.54, 1.807) is 20.8 Å². The Labute approximate surface area is 216 Å². The molecule has 0 radical (unpaired) electrons. The number of methoxy groups -OCH3 is 1. The third-order valence-electron chi connectivity index (χ3n) is 5.93. The molecule has 2 N–H and O–H groups in total. The molecule has 1 aliphatic carbocycles. The molecule has 1 aliphatic rings. The van der Waals surface area contributed by atoms with Gasteiger partial charge in [-0.05, 0) is 62.3 Å². The van der Waals surface area contributed by atoms with E-state index in [4.69, 9.17) is 9.47 Å². The molecular weight excluding hydrogens is 476 g/mol. The first-order valence-electron chi connectivity index (χ1n) is 12.3. The summed E-state index contributed by atoms with van der Waals surface area (Å²) in [6.07, 6.45) is -0.195. The molecule has 198 valence electrons. The zero-order chi connectivity index (χ0) is 27.0. The van der Waals surface area contributed by atoms with Gasteiger partial charge in [-0.3, -0.25) is 4.79 Å². The number of ketones is 1. The van der Waals surface area contributed by atoms with Gasteiger partial charge in [-0.1, -0.05) is 48.5 Å². The van der Waals surface area contributed by atoms with Gasteiger partial charge in [0, 0.05) is 12.5 Å².